The first-order chi connectivity index (χ1) is 13.4. The van der Waals surface area contributed by atoms with E-state index in [2.05, 4.69) is 69.8 Å². The van der Waals surface area contributed by atoms with Crippen molar-refractivity contribution < 1.29 is 0 Å². The van der Waals surface area contributed by atoms with Gasteiger partial charge in [0.05, 0.1) is 12.4 Å². The Bertz CT molecular complexity index is 833. The highest BCUT2D eigenvalue weighted by atomic mass is 32.2. The van der Waals surface area contributed by atoms with Gasteiger partial charge in [-0.05, 0) is 30.5 Å². The minimum atomic E-state index is 0.521. The van der Waals surface area contributed by atoms with Gasteiger partial charge in [-0.2, -0.15) is 0 Å². The molecule has 5 heteroatoms. The van der Waals surface area contributed by atoms with Gasteiger partial charge in [-0.15, -0.1) is 11.8 Å². The van der Waals surface area contributed by atoms with Gasteiger partial charge in [0.2, 0.25) is 0 Å². The van der Waals surface area contributed by atoms with Gasteiger partial charge < -0.3 is 10.2 Å². The second kappa shape index (κ2) is 8.91. The average Bonchev–Trinajstić information content (AvgIpc) is 2.75. The van der Waals surface area contributed by atoms with Crippen molar-refractivity contribution in [2.75, 3.05) is 23.3 Å². The van der Waals surface area contributed by atoms with E-state index in [0.717, 1.165) is 42.5 Å². The van der Waals surface area contributed by atoms with Crippen LogP contribution in [0.25, 0.3) is 0 Å². The van der Waals surface area contributed by atoms with Crippen molar-refractivity contribution in [1.29, 1.82) is 0 Å². The number of nitrogens with one attached hydrogen (secondary N) is 1. The molecule has 1 fully saturated rings. The summed E-state index contributed by atoms with van der Waals surface area (Å²) in [6.45, 7) is 2.01. The molecule has 0 aliphatic carbocycles. The zero-order valence-electron chi connectivity index (χ0n) is 15.3. The van der Waals surface area contributed by atoms with Gasteiger partial charge in [0.1, 0.15) is 10.8 Å². The smallest absolute Gasteiger partial charge is 0.148 e. The Morgan fingerprint density at radius 2 is 1.63 bits per heavy atom. The minimum Gasteiger partial charge on any atom is -0.382 e. The third kappa shape index (κ3) is 5.01. The molecule has 0 radical (unpaired) electrons. The summed E-state index contributed by atoms with van der Waals surface area (Å²) in [6, 6.07) is 21.5. The first kappa shape index (κ1) is 17.9. The molecule has 2 aromatic carbocycles. The summed E-state index contributed by atoms with van der Waals surface area (Å²) in [5, 5.41) is 4.62. The SMILES string of the molecule is c1ccc(CSc2cncc(N3CCC(Nc4ccccc4)CC3)n2)cc1. The maximum absolute atomic E-state index is 4.83. The normalized spacial score (nSPS) is 14.9. The number of benzene rings is 2. The maximum Gasteiger partial charge on any atom is 0.148 e. The molecule has 0 atom stereocenters. The molecule has 4 nitrogen and oxygen atoms in total. The molecule has 0 bridgehead atoms. The van der Waals surface area contributed by atoms with E-state index >= 15 is 0 Å². The quantitative estimate of drug-likeness (QED) is 0.623. The van der Waals surface area contributed by atoms with Crippen molar-refractivity contribution in [3.63, 3.8) is 0 Å². The second-order valence-electron chi connectivity index (χ2n) is 6.76. The van der Waals surface area contributed by atoms with Crippen LogP contribution in [-0.2, 0) is 5.75 Å². The maximum atomic E-state index is 4.83. The van der Waals surface area contributed by atoms with E-state index in [1.54, 1.807) is 11.8 Å². The van der Waals surface area contributed by atoms with Crippen LogP contribution in [0.15, 0.2) is 78.1 Å². The van der Waals surface area contributed by atoms with Crippen molar-refractivity contribution in [2.45, 2.75) is 29.7 Å². The van der Waals surface area contributed by atoms with Gasteiger partial charge in [-0.3, -0.25) is 4.98 Å². The van der Waals surface area contributed by atoms with E-state index in [0.29, 0.717) is 6.04 Å². The highest BCUT2D eigenvalue weighted by Crippen LogP contribution is 2.24. The van der Waals surface area contributed by atoms with Crippen LogP contribution in [0.1, 0.15) is 18.4 Å². The van der Waals surface area contributed by atoms with Crippen LogP contribution >= 0.6 is 11.8 Å². The lowest BCUT2D eigenvalue weighted by atomic mass is 10.0. The van der Waals surface area contributed by atoms with Crippen LogP contribution in [0.3, 0.4) is 0 Å². The number of rotatable bonds is 6. The summed E-state index contributed by atoms with van der Waals surface area (Å²) >= 11 is 1.74. The number of hydrogen-bond donors (Lipinski definition) is 1. The van der Waals surface area contributed by atoms with E-state index in [4.69, 9.17) is 4.98 Å². The number of para-hydroxylation sites is 1. The standard InChI is InChI=1S/C22H24N4S/c1-3-7-18(8-4-1)17-27-22-16-23-15-21(25-22)26-13-11-20(12-14-26)24-19-9-5-2-6-10-19/h1-10,15-16,20,24H,11-14,17H2. The predicted octanol–water partition coefficient (Wildman–Crippen LogP) is 4.85. The fraction of sp³-hybridized carbons (Fsp3) is 0.273. The first-order valence-electron chi connectivity index (χ1n) is 9.42. The molecule has 1 aromatic heterocycles. The molecular weight excluding hydrogens is 352 g/mol. The molecular formula is C22H24N4S. The molecule has 1 saturated heterocycles. The van der Waals surface area contributed by atoms with Crippen LogP contribution in [0, 0.1) is 0 Å². The molecule has 3 aromatic rings. The van der Waals surface area contributed by atoms with Crippen LogP contribution in [0.4, 0.5) is 11.5 Å². The summed E-state index contributed by atoms with van der Waals surface area (Å²) in [7, 11) is 0. The Morgan fingerprint density at radius 1 is 0.926 bits per heavy atom. The lowest BCUT2D eigenvalue weighted by Gasteiger charge is -2.33. The molecule has 1 N–H and O–H groups in total. The van der Waals surface area contributed by atoms with Gasteiger partial charge >= 0.3 is 0 Å². The van der Waals surface area contributed by atoms with E-state index in [1.165, 1.54) is 11.3 Å². The van der Waals surface area contributed by atoms with E-state index in [-0.39, 0.29) is 0 Å². The lowest BCUT2D eigenvalue weighted by molar-refractivity contribution is 0.522. The summed E-state index contributed by atoms with van der Waals surface area (Å²) < 4.78 is 0. The molecule has 1 aliphatic heterocycles. The van der Waals surface area contributed by atoms with Crippen molar-refractivity contribution in [3.8, 4) is 0 Å². The number of piperidine rings is 1. The monoisotopic (exact) mass is 376 g/mol. The Kier molecular flexibility index (Phi) is 5.89. The number of thioether (sulfide) groups is 1. The van der Waals surface area contributed by atoms with Crippen LogP contribution < -0.4 is 10.2 Å². The highest BCUT2D eigenvalue weighted by molar-refractivity contribution is 7.98. The van der Waals surface area contributed by atoms with Gasteiger partial charge in [0.25, 0.3) is 0 Å². The third-order valence-corrected chi connectivity index (χ3v) is 5.76. The van der Waals surface area contributed by atoms with Crippen LogP contribution in [0.5, 0.6) is 0 Å². The van der Waals surface area contributed by atoms with Crippen LogP contribution in [-0.4, -0.2) is 29.1 Å². The molecule has 138 valence electrons. The fourth-order valence-corrected chi connectivity index (χ4v) is 4.12. The molecule has 2 heterocycles. The minimum absolute atomic E-state index is 0.521. The molecule has 0 amide bonds. The zero-order chi connectivity index (χ0) is 18.3. The van der Waals surface area contributed by atoms with Gasteiger partial charge in [-0.25, -0.2) is 4.98 Å². The Hall–Kier alpha value is -2.53. The zero-order valence-corrected chi connectivity index (χ0v) is 16.1. The van der Waals surface area contributed by atoms with E-state index < -0.39 is 0 Å². The Balaban J connectivity index is 1.32. The fourth-order valence-electron chi connectivity index (χ4n) is 3.31. The summed E-state index contributed by atoms with van der Waals surface area (Å²) in [5.74, 6) is 1.91. The molecule has 0 saturated carbocycles. The Labute approximate surface area is 165 Å². The number of anilines is 2. The van der Waals surface area contributed by atoms with Crippen molar-refractivity contribution >= 4 is 23.3 Å². The van der Waals surface area contributed by atoms with Crippen molar-refractivity contribution in [1.82, 2.24) is 9.97 Å². The van der Waals surface area contributed by atoms with Crippen molar-refractivity contribution in [3.05, 3.63) is 78.6 Å². The molecule has 4 rings (SSSR count). The highest BCUT2D eigenvalue weighted by Gasteiger charge is 2.20. The lowest BCUT2D eigenvalue weighted by Crippen LogP contribution is -2.39. The molecule has 1 aliphatic rings. The van der Waals surface area contributed by atoms with Crippen molar-refractivity contribution in [2.24, 2.45) is 0 Å². The number of hydrogen-bond acceptors (Lipinski definition) is 5. The molecule has 27 heavy (non-hydrogen) atoms. The second-order valence-corrected chi connectivity index (χ2v) is 7.76. The third-order valence-electron chi connectivity index (χ3n) is 4.79. The summed E-state index contributed by atoms with van der Waals surface area (Å²) in [5.41, 5.74) is 2.51. The van der Waals surface area contributed by atoms with Gasteiger partial charge in [-0.1, -0.05) is 48.5 Å². The first-order valence-corrected chi connectivity index (χ1v) is 10.4. The number of aromatic nitrogens is 2. The van der Waals surface area contributed by atoms with Gasteiger partial charge in [0, 0.05) is 30.6 Å². The topological polar surface area (TPSA) is 41.1 Å². The summed E-state index contributed by atoms with van der Waals surface area (Å²) in [4.78, 5) is 11.6. The van der Waals surface area contributed by atoms with E-state index in [9.17, 15) is 0 Å². The van der Waals surface area contributed by atoms with Crippen LogP contribution in [0.2, 0.25) is 0 Å². The Morgan fingerprint density at radius 3 is 2.37 bits per heavy atom. The number of nitrogens with zero attached hydrogens (tertiary/aromatic N) is 3. The largest absolute Gasteiger partial charge is 0.382 e. The summed E-state index contributed by atoms with van der Waals surface area (Å²) in [6.07, 6.45) is 5.97. The molecule has 0 unspecified atom stereocenters. The predicted molar refractivity (Wildman–Crippen MR) is 113 cm³/mol. The average molecular weight is 377 g/mol. The van der Waals surface area contributed by atoms with E-state index in [1.807, 2.05) is 18.5 Å². The van der Waals surface area contributed by atoms with Gasteiger partial charge in [0.15, 0.2) is 0 Å². The molecule has 0 spiro atoms.